The van der Waals surface area contributed by atoms with Crippen LogP contribution < -0.4 is 20.5 Å². The lowest BCUT2D eigenvalue weighted by Gasteiger charge is -2.51. The number of rotatable bonds is 19. The number of ether oxygens (including phenoxy) is 4. The number of likely N-dealkylation sites (tertiary alicyclic amines) is 2. The number of para-hydroxylation sites is 2. The summed E-state index contributed by atoms with van der Waals surface area (Å²) in [4.78, 5) is 62.9. The Hall–Kier alpha value is -9.40. The molecule has 14 rings (SSSR count). The first-order valence-electron chi connectivity index (χ1n) is 33.9. The number of fused-ring (bicyclic) bond motifs is 2. The first-order valence-corrected chi connectivity index (χ1v) is 33.9. The molecular formula is C74H82F2N16O6. The van der Waals surface area contributed by atoms with Crippen molar-refractivity contribution in [3.8, 4) is 70.2 Å². The van der Waals surface area contributed by atoms with Crippen LogP contribution in [0.25, 0.3) is 44.6 Å². The fourth-order valence-electron chi connectivity index (χ4n) is 14.9. The lowest BCUT2D eigenvalue weighted by atomic mass is 9.81. The number of carbonyl (C=O) groups is 2. The van der Waals surface area contributed by atoms with Gasteiger partial charge in [-0.15, -0.1) is 12.8 Å². The molecule has 10 heterocycles. The summed E-state index contributed by atoms with van der Waals surface area (Å²) in [5, 5.41) is 14.9. The van der Waals surface area contributed by atoms with E-state index < -0.39 is 46.8 Å². The standard InChI is InChI=1S/C74H82F2N16O6/c1-7-48(39-73(3,4)89-33-29-85(30-34-89)51-42-95-43-51)71(93)87-27-15-17-49(40-87)92-70-63(65(84-92)59-26-24-56(38-61(59)76)98-54-21-13-10-14-22-54)68(79-47-81-70)82-66(74(5,6)90-35-31-86(32-36-90)52-44-96-45-52)57(8-2)72(94)88-28-16-18-50(41-88)91-69-62(67(77)78-46-80-69)64(83-91)58-25-23-55(37-60(58)75)97-53-19-11-9-12-20-53/h1-2,9-14,19-26,37-39,46-47,49-52,57,66H,15-18,27-36,40-45H2,3-6H3,(H2,77,78,80)(H,79,81,82)/t49-,50-,57?,66?/m1/s1. The molecule has 22 nitrogen and oxygen atoms in total. The van der Waals surface area contributed by atoms with Gasteiger partial charge in [-0.2, -0.15) is 10.2 Å². The zero-order chi connectivity index (χ0) is 67.8. The van der Waals surface area contributed by atoms with Crippen LogP contribution in [-0.2, 0) is 19.1 Å². The molecule has 6 saturated heterocycles. The van der Waals surface area contributed by atoms with Crippen molar-refractivity contribution in [2.75, 3.05) is 116 Å². The number of carbonyl (C=O) groups excluding carboxylic acids is 2. The quantitative estimate of drug-likeness (QED) is 0.0571. The highest BCUT2D eigenvalue weighted by atomic mass is 19.1. The second-order valence-electron chi connectivity index (χ2n) is 27.4. The first kappa shape index (κ1) is 65.9. The van der Waals surface area contributed by atoms with Crippen molar-refractivity contribution in [3.63, 3.8) is 0 Å². The van der Waals surface area contributed by atoms with Crippen molar-refractivity contribution >= 4 is 45.5 Å². The number of nitrogens with zero attached hydrogens (tertiary/aromatic N) is 14. The molecule has 0 aliphatic carbocycles. The molecule has 0 spiro atoms. The van der Waals surface area contributed by atoms with Crippen LogP contribution in [0.15, 0.2) is 121 Å². The van der Waals surface area contributed by atoms with Crippen LogP contribution in [0.5, 0.6) is 23.0 Å². The molecule has 6 aliphatic rings. The van der Waals surface area contributed by atoms with E-state index in [1.165, 1.54) is 24.8 Å². The van der Waals surface area contributed by atoms with Crippen LogP contribution in [0.3, 0.4) is 0 Å². The number of terminal acetylenes is 2. The second-order valence-corrected chi connectivity index (χ2v) is 27.4. The number of aromatic nitrogens is 8. The normalized spacial score (nSPS) is 20.5. The van der Waals surface area contributed by atoms with Gasteiger partial charge < -0.3 is 39.8 Å². The molecule has 4 atom stereocenters. The summed E-state index contributed by atoms with van der Waals surface area (Å²) in [6.07, 6.45) is 20.1. The number of benzene rings is 4. The number of hydrogen-bond acceptors (Lipinski definition) is 18. The third kappa shape index (κ3) is 13.2. The smallest absolute Gasteiger partial charge is 0.262 e. The van der Waals surface area contributed by atoms with Gasteiger partial charge in [0.25, 0.3) is 5.91 Å². The highest BCUT2D eigenvalue weighted by Crippen LogP contribution is 2.42. The van der Waals surface area contributed by atoms with Crippen LogP contribution in [0.1, 0.15) is 65.5 Å². The van der Waals surface area contributed by atoms with Gasteiger partial charge in [0.15, 0.2) is 11.3 Å². The maximum absolute atomic E-state index is 17.3. The molecule has 6 fully saturated rings. The number of halogens is 2. The van der Waals surface area contributed by atoms with E-state index in [9.17, 15) is 4.79 Å². The molecule has 4 aromatic heterocycles. The average molecular weight is 1330 g/mol. The van der Waals surface area contributed by atoms with E-state index in [-0.39, 0.29) is 70.4 Å². The number of hydrogen-bond donors (Lipinski definition) is 2. The lowest BCUT2D eigenvalue weighted by Crippen LogP contribution is -2.66. The van der Waals surface area contributed by atoms with Crippen LogP contribution in [0.2, 0.25) is 0 Å². The molecule has 0 saturated carbocycles. The molecule has 4 aromatic carbocycles. The summed E-state index contributed by atoms with van der Waals surface area (Å²) in [6.45, 7) is 18.8. The van der Waals surface area contributed by atoms with Crippen LogP contribution in [0, 0.1) is 42.2 Å². The van der Waals surface area contributed by atoms with Crippen molar-refractivity contribution in [1.82, 2.24) is 68.9 Å². The summed E-state index contributed by atoms with van der Waals surface area (Å²) < 4.78 is 60.4. The van der Waals surface area contributed by atoms with Crippen molar-refractivity contribution in [1.29, 1.82) is 0 Å². The van der Waals surface area contributed by atoms with Crippen LogP contribution in [0.4, 0.5) is 20.4 Å². The summed E-state index contributed by atoms with van der Waals surface area (Å²) in [5.41, 5.74) is 7.06. The van der Waals surface area contributed by atoms with E-state index >= 15 is 13.6 Å². The highest BCUT2D eigenvalue weighted by molar-refractivity contribution is 6.01. The number of amides is 2. The van der Waals surface area contributed by atoms with E-state index in [0.29, 0.717) is 116 Å². The van der Waals surface area contributed by atoms with Gasteiger partial charge in [0.1, 0.15) is 76.2 Å². The van der Waals surface area contributed by atoms with Crippen LogP contribution >= 0.6 is 0 Å². The molecule has 2 unspecified atom stereocenters. The monoisotopic (exact) mass is 1330 g/mol. The van der Waals surface area contributed by atoms with Gasteiger partial charge in [-0.05, 0) is 108 Å². The molecule has 0 radical (unpaired) electrons. The molecule has 3 N–H and O–H groups in total. The fraction of sp³-hybridized carbons (Fsp3) is 0.432. The Balaban J connectivity index is 0.800. The molecule has 0 bridgehead atoms. The van der Waals surface area contributed by atoms with E-state index in [0.717, 1.165) is 52.5 Å². The van der Waals surface area contributed by atoms with Gasteiger partial charge in [0.05, 0.1) is 73.0 Å². The molecule has 6 aliphatic heterocycles. The van der Waals surface area contributed by atoms with E-state index in [2.05, 4.69) is 74.4 Å². The summed E-state index contributed by atoms with van der Waals surface area (Å²) >= 11 is 0. The van der Waals surface area contributed by atoms with Gasteiger partial charge in [0, 0.05) is 113 Å². The zero-order valence-corrected chi connectivity index (χ0v) is 55.8. The number of nitrogens with two attached hydrogens (primary N) is 1. The minimum Gasteiger partial charge on any atom is -0.457 e. The van der Waals surface area contributed by atoms with Crippen LogP contribution in [-0.4, -0.2) is 215 Å². The maximum atomic E-state index is 17.3. The van der Waals surface area contributed by atoms with Crippen molar-refractivity contribution in [2.24, 2.45) is 5.92 Å². The third-order valence-electron chi connectivity index (χ3n) is 20.7. The van der Waals surface area contributed by atoms with Crippen molar-refractivity contribution < 1.29 is 37.3 Å². The molecule has 2 amide bonds. The lowest BCUT2D eigenvalue weighted by molar-refractivity contribution is -0.137. The Bertz CT molecular complexity index is 4360. The summed E-state index contributed by atoms with van der Waals surface area (Å²) in [6, 6.07) is 26.5. The predicted octanol–water partition coefficient (Wildman–Crippen LogP) is 8.95. The Morgan fingerprint density at radius 2 is 1.12 bits per heavy atom. The van der Waals surface area contributed by atoms with Gasteiger partial charge in [-0.1, -0.05) is 48.2 Å². The first-order chi connectivity index (χ1) is 47.5. The number of nitrogen functional groups attached to an aromatic ring is 1. The minimum atomic E-state index is -1.13. The van der Waals surface area contributed by atoms with Crippen molar-refractivity contribution in [2.45, 2.75) is 94.7 Å². The average Bonchev–Trinajstić information content (AvgIpc) is 1.57. The number of piperidine rings is 2. The third-order valence-corrected chi connectivity index (χ3v) is 20.7. The molecule has 98 heavy (non-hydrogen) atoms. The summed E-state index contributed by atoms with van der Waals surface area (Å²) in [7, 11) is 0. The topological polar surface area (TPSA) is 216 Å². The molecule has 508 valence electrons. The largest absolute Gasteiger partial charge is 0.457 e. The molecule has 8 aromatic rings. The maximum Gasteiger partial charge on any atom is 0.262 e. The number of piperazine rings is 2. The zero-order valence-electron chi connectivity index (χ0n) is 55.8. The number of anilines is 2. The second kappa shape index (κ2) is 27.8. The van der Waals surface area contributed by atoms with Gasteiger partial charge >= 0.3 is 0 Å². The number of nitrogens with one attached hydrogen (secondary N) is 1. The molecule has 24 heteroatoms. The molecular weight excluding hydrogens is 1250 g/mol. The van der Waals surface area contributed by atoms with Gasteiger partial charge in [-0.3, -0.25) is 29.2 Å². The van der Waals surface area contributed by atoms with E-state index in [4.69, 9.17) is 57.7 Å². The minimum absolute atomic E-state index is 0.122. The Labute approximate surface area is 569 Å². The van der Waals surface area contributed by atoms with Gasteiger partial charge in [-0.25, -0.2) is 38.1 Å². The summed E-state index contributed by atoms with van der Waals surface area (Å²) in [5.74, 6) is 4.92. The fourth-order valence-corrected chi connectivity index (χ4v) is 14.9. The predicted molar refractivity (Wildman–Crippen MR) is 369 cm³/mol. The Kier molecular flexibility index (Phi) is 18.7. The van der Waals surface area contributed by atoms with E-state index in [1.807, 2.05) is 42.5 Å². The highest BCUT2D eigenvalue weighted by Gasteiger charge is 2.47. The Morgan fingerprint density at radius 1 is 0.622 bits per heavy atom. The van der Waals surface area contributed by atoms with Crippen molar-refractivity contribution in [3.05, 3.63) is 133 Å². The van der Waals surface area contributed by atoms with Gasteiger partial charge in [0.2, 0.25) is 5.91 Å². The van der Waals surface area contributed by atoms with E-state index in [1.54, 1.807) is 67.7 Å². The SMILES string of the molecule is C#CC(=CC(C)(C)N1CCN(C2COC2)CC1)C(=O)N1CCC[C@@H](n2nc(-c3ccc(Oc4ccccc4)cc3F)c3c(NC(C(C#C)C(=O)N4CCC[C@@H](n5nc(-c6ccc(Oc7ccccc7)cc6F)c6c(N)ncnc65)C4)C(C)(C)N4CCN(C5COC5)CC4)ncnc32)C1. The Morgan fingerprint density at radius 3 is 1.63 bits per heavy atom.